The molecule has 1 heterocycles. The maximum Gasteiger partial charge on any atom is 0.326 e. The Hall–Kier alpha value is -4.33. The first-order valence-corrected chi connectivity index (χ1v) is 23.5. The van der Waals surface area contributed by atoms with Crippen LogP contribution in [0.25, 0.3) is 0 Å². The van der Waals surface area contributed by atoms with Gasteiger partial charge in [-0.1, -0.05) is 77.3 Å². The number of amides is 5. The standard InChI is InChI=1S/C46H71IN8O8/c1-5-30(4)41(44(60)53-38(46(62)63)25-29(2)3)54-42(58)37(26-31-18-20-34(56)21-19-31)52-43(59)39-17-12-24-55(39)45(61)36(16-9-11-23-49)50-28-33(14-8-10-22-48)51-40(57)27-32-13-6-7-15-35(32)47/h6-7,13,15,18-21,29-30,33,36-39,41,50,56H,5,8-12,14,16-17,22-28,48-49H2,1-4H3,(H,51,57)(H,52,59)(H,53,60)(H,54,58)(H,62,63)/t30-,33-,36-,37-,38-,39-,41-/m0/s1/i47+4. The smallest absolute Gasteiger partial charge is 0.326 e. The number of carbonyl (C=O) groups is 6. The normalized spacial score (nSPS) is 16.6. The van der Waals surface area contributed by atoms with Gasteiger partial charge in [0.25, 0.3) is 0 Å². The number of aromatic hydroxyl groups is 1. The van der Waals surface area contributed by atoms with E-state index in [1.165, 1.54) is 12.1 Å². The van der Waals surface area contributed by atoms with Crippen LogP contribution in [-0.2, 0) is 41.6 Å². The Balaban J connectivity index is 1.83. The Bertz CT molecular complexity index is 1780. The summed E-state index contributed by atoms with van der Waals surface area (Å²) in [5.74, 6) is -3.79. The Morgan fingerprint density at radius 1 is 0.825 bits per heavy atom. The molecule has 0 aliphatic carbocycles. The Kier molecular flexibility index (Phi) is 23.4. The van der Waals surface area contributed by atoms with Crippen molar-refractivity contribution in [2.24, 2.45) is 23.3 Å². The molecule has 0 radical (unpaired) electrons. The zero-order valence-corrected chi connectivity index (χ0v) is 39.5. The van der Waals surface area contributed by atoms with Crippen LogP contribution < -0.4 is 38.1 Å². The lowest BCUT2D eigenvalue weighted by Gasteiger charge is -2.31. The highest BCUT2D eigenvalue weighted by atomic mass is 131. The van der Waals surface area contributed by atoms with Crippen molar-refractivity contribution < 1.29 is 39.0 Å². The first-order chi connectivity index (χ1) is 30.1. The van der Waals surface area contributed by atoms with Gasteiger partial charge < -0.3 is 53.2 Å². The van der Waals surface area contributed by atoms with Crippen LogP contribution in [0, 0.1) is 15.4 Å². The lowest BCUT2D eigenvalue weighted by atomic mass is 9.96. The number of benzene rings is 2. The van der Waals surface area contributed by atoms with Gasteiger partial charge in [-0.15, -0.1) is 0 Å². The fourth-order valence-corrected chi connectivity index (χ4v) is 8.28. The van der Waals surface area contributed by atoms with Gasteiger partial charge in [-0.05, 0) is 122 Å². The summed E-state index contributed by atoms with van der Waals surface area (Å²) in [5.41, 5.74) is 13.2. The van der Waals surface area contributed by atoms with Crippen molar-refractivity contribution in [3.63, 3.8) is 0 Å². The van der Waals surface area contributed by atoms with Crippen LogP contribution in [0.1, 0.15) is 103 Å². The average molecular weight is 995 g/mol. The molecule has 63 heavy (non-hydrogen) atoms. The molecule has 5 amide bonds. The third-order valence-electron chi connectivity index (χ3n) is 11.5. The van der Waals surface area contributed by atoms with Crippen molar-refractivity contribution in [3.8, 4) is 5.75 Å². The first kappa shape index (κ1) is 53.0. The average Bonchev–Trinajstić information content (AvgIpc) is 3.75. The van der Waals surface area contributed by atoms with E-state index in [9.17, 15) is 39.0 Å². The number of nitrogens with two attached hydrogens (primary N) is 2. The molecule has 1 aliphatic heterocycles. The number of nitrogens with one attached hydrogen (secondary N) is 5. The van der Waals surface area contributed by atoms with E-state index in [2.05, 4.69) is 49.2 Å². The maximum atomic E-state index is 14.5. The van der Waals surface area contributed by atoms with E-state index in [-0.39, 0.29) is 54.7 Å². The third-order valence-corrected chi connectivity index (χ3v) is 12.6. The van der Waals surface area contributed by atoms with Crippen molar-refractivity contribution in [2.45, 2.75) is 141 Å². The molecule has 3 rings (SSSR count). The number of phenols is 1. The number of carboxylic acids is 1. The molecule has 350 valence electrons. The molecule has 11 N–H and O–H groups in total. The highest BCUT2D eigenvalue weighted by molar-refractivity contribution is 14.1. The quantitative estimate of drug-likeness (QED) is 0.0442. The number of likely N-dealkylation sites (tertiary alicyclic amines) is 1. The zero-order valence-electron chi connectivity index (χ0n) is 37.4. The molecule has 0 bridgehead atoms. The molecule has 1 fully saturated rings. The van der Waals surface area contributed by atoms with E-state index in [4.69, 9.17) is 11.5 Å². The molecule has 2 aromatic rings. The Labute approximate surface area is 386 Å². The molecule has 0 spiro atoms. The SMILES string of the molecule is CC[C@H](C)[C@H](NC(=O)[C@H](Cc1ccc(O)cc1)NC(=O)[C@@H]1CCCN1C(=O)[C@H](CCCCN)NC[C@H](CCCCN)NC(=O)Cc1ccccc1[131I])C(=O)N[C@@H](CC(C)C)C(=O)O. The predicted octanol–water partition coefficient (Wildman–Crippen LogP) is 3.11. The summed E-state index contributed by atoms with van der Waals surface area (Å²) in [4.78, 5) is 83.4. The molecule has 2 aromatic carbocycles. The molecule has 0 unspecified atom stereocenters. The second kappa shape index (κ2) is 27.8. The van der Waals surface area contributed by atoms with Gasteiger partial charge in [0, 0.05) is 29.1 Å². The molecule has 0 aromatic heterocycles. The number of halogens is 1. The molecule has 16 nitrogen and oxygen atoms in total. The summed E-state index contributed by atoms with van der Waals surface area (Å²) in [6.07, 6.45) is 5.86. The maximum absolute atomic E-state index is 14.5. The number of nitrogens with zero attached hydrogens (tertiary/aromatic N) is 1. The van der Waals surface area contributed by atoms with Crippen molar-refractivity contribution in [1.29, 1.82) is 0 Å². The second-order valence-corrected chi connectivity index (χ2v) is 18.2. The zero-order chi connectivity index (χ0) is 46.5. The number of carboxylic acid groups (broad SMARTS) is 1. The number of phenolic OH excluding ortho intramolecular Hbond substituents is 1. The summed E-state index contributed by atoms with van der Waals surface area (Å²) < 4.78 is 0.996. The molecule has 17 heteroatoms. The van der Waals surface area contributed by atoms with Crippen LogP contribution in [0.4, 0.5) is 0 Å². The number of unbranched alkanes of at least 4 members (excludes halogenated alkanes) is 2. The van der Waals surface area contributed by atoms with E-state index in [1.54, 1.807) is 24.0 Å². The fraction of sp³-hybridized carbons (Fsp3) is 0.609. The highest BCUT2D eigenvalue weighted by Gasteiger charge is 2.39. The van der Waals surface area contributed by atoms with Gasteiger partial charge in [-0.3, -0.25) is 24.0 Å². The van der Waals surface area contributed by atoms with E-state index >= 15 is 0 Å². The van der Waals surface area contributed by atoms with Gasteiger partial charge in [-0.25, -0.2) is 4.79 Å². The number of hydrogen-bond acceptors (Lipinski definition) is 10. The van der Waals surface area contributed by atoms with Crippen LogP contribution in [0.2, 0.25) is 0 Å². The minimum Gasteiger partial charge on any atom is -0.508 e. The monoisotopic (exact) mass is 994 g/mol. The van der Waals surface area contributed by atoms with Gasteiger partial charge in [0.15, 0.2) is 0 Å². The molecular weight excluding hydrogens is 923 g/mol. The number of carbonyl (C=O) groups excluding carboxylic acids is 5. The van der Waals surface area contributed by atoms with Gasteiger partial charge >= 0.3 is 5.97 Å². The van der Waals surface area contributed by atoms with Gasteiger partial charge in [0.1, 0.15) is 29.9 Å². The largest absolute Gasteiger partial charge is 0.508 e. The predicted molar refractivity (Wildman–Crippen MR) is 251 cm³/mol. The van der Waals surface area contributed by atoms with Crippen LogP contribution >= 0.6 is 22.6 Å². The molecular formula is C46H71IN8O8. The van der Waals surface area contributed by atoms with E-state index in [0.29, 0.717) is 76.7 Å². The van der Waals surface area contributed by atoms with Crippen LogP contribution in [0.3, 0.4) is 0 Å². The third kappa shape index (κ3) is 18.0. The molecule has 7 atom stereocenters. The number of aliphatic carboxylic acids is 1. The van der Waals surface area contributed by atoms with Gasteiger partial charge in [0.05, 0.1) is 12.5 Å². The van der Waals surface area contributed by atoms with Crippen molar-refractivity contribution in [3.05, 3.63) is 63.2 Å². The summed E-state index contributed by atoms with van der Waals surface area (Å²) in [6.45, 7) is 8.94. The highest BCUT2D eigenvalue weighted by Crippen LogP contribution is 2.22. The number of hydrogen-bond donors (Lipinski definition) is 9. The van der Waals surface area contributed by atoms with Crippen molar-refractivity contribution >= 4 is 58.1 Å². The minimum absolute atomic E-state index is 0.00240. The summed E-state index contributed by atoms with van der Waals surface area (Å²) in [7, 11) is 0. The molecule has 0 saturated carbocycles. The van der Waals surface area contributed by atoms with E-state index < -0.39 is 53.9 Å². The van der Waals surface area contributed by atoms with Crippen molar-refractivity contribution in [1.82, 2.24) is 31.5 Å². The van der Waals surface area contributed by atoms with Gasteiger partial charge in [0.2, 0.25) is 29.5 Å². The lowest BCUT2D eigenvalue weighted by molar-refractivity contribution is -0.143. The topological polar surface area (TPSA) is 258 Å². The minimum atomic E-state index is -1.19. The van der Waals surface area contributed by atoms with E-state index in [0.717, 1.165) is 22.0 Å². The molecule has 1 aliphatic rings. The second-order valence-electron chi connectivity index (χ2n) is 17.1. The molecule has 1 saturated heterocycles. The summed E-state index contributed by atoms with van der Waals surface area (Å²) >= 11 is 2.22. The summed E-state index contributed by atoms with van der Waals surface area (Å²) in [6, 6.07) is 8.60. The van der Waals surface area contributed by atoms with Crippen molar-refractivity contribution in [2.75, 3.05) is 26.2 Å². The van der Waals surface area contributed by atoms with E-state index in [1.807, 2.05) is 45.0 Å². The fourth-order valence-electron chi connectivity index (χ4n) is 7.70. The lowest BCUT2D eigenvalue weighted by Crippen LogP contribution is -2.60. The first-order valence-electron chi connectivity index (χ1n) is 22.5. The summed E-state index contributed by atoms with van der Waals surface area (Å²) in [5, 5.41) is 34.6. The Morgan fingerprint density at radius 2 is 1.49 bits per heavy atom. The van der Waals surface area contributed by atoms with Gasteiger partial charge in [-0.2, -0.15) is 0 Å². The van der Waals surface area contributed by atoms with Crippen LogP contribution in [0.5, 0.6) is 5.75 Å². The number of rotatable bonds is 28. The van der Waals surface area contributed by atoms with Crippen LogP contribution in [-0.4, -0.2) is 113 Å². The van der Waals surface area contributed by atoms with Crippen LogP contribution in [0.15, 0.2) is 48.5 Å². The Morgan fingerprint density at radius 3 is 2.11 bits per heavy atom.